The number of aromatic nitrogens is 1. The van der Waals surface area contributed by atoms with Crippen molar-refractivity contribution in [3.8, 4) is 0 Å². The van der Waals surface area contributed by atoms with Gasteiger partial charge in [-0.15, -0.1) is 0 Å². The van der Waals surface area contributed by atoms with Gasteiger partial charge in [-0.25, -0.2) is 4.98 Å². The highest BCUT2D eigenvalue weighted by Crippen LogP contribution is 2.09. The summed E-state index contributed by atoms with van der Waals surface area (Å²) in [6.45, 7) is 0.546. The Morgan fingerprint density at radius 1 is 1.21 bits per heavy atom. The fraction of sp³-hybridized carbons (Fsp3) is 0.444. The first-order chi connectivity index (χ1) is 6.77. The molecule has 78 valence electrons. The smallest absolute Gasteiger partial charge is 0.214 e. The maximum atomic E-state index is 12.7. The average molecular weight is 200 g/mol. The van der Waals surface area contributed by atoms with E-state index in [-0.39, 0.29) is 13.2 Å². The molecule has 0 spiro atoms. The van der Waals surface area contributed by atoms with Crippen LogP contribution in [0.2, 0.25) is 0 Å². The summed E-state index contributed by atoms with van der Waals surface area (Å²) in [4.78, 5) is 5.26. The molecule has 0 saturated carbocycles. The molecule has 0 radical (unpaired) electrons. The average Bonchev–Trinajstić information content (AvgIpc) is 2.17. The molecule has 0 aliphatic rings. The molecule has 2 N–H and O–H groups in total. The predicted octanol–water partition coefficient (Wildman–Crippen LogP) is 0.0117. The molecule has 0 saturated heterocycles. The SMILES string of the molecule is OCCN(CCO)c1cccc(F)n1. The van der Waals surface area contributed by atoms with Crippen molar-refractivity contribution in [1.29, 1.82) is 0 Å². The van der Waals surface area contributed by atoms with Crippen molar-refractivity contribution in [1.82, 2.24) is 4.98 Å². The van der Waals surface area contributed by atoms with E-state index < -0.39 is 5.95 Å². The molecule has 0 aliphatic carbocycles. The van der Waals surface area contributed by atoms with Crippen LogP contribution in [0, 0.1) is 5.95 Å². The Hall–Kier alpha value is -1.20. The van der Waals surface area contributed by atoms with Gasteiger partial charge in [0, 0.05) is 13.1 Å². The van der Waals surface area contributed by atoms with E-state index >= 15 is 0 Å². The predicted molar refractivity (Wildman–Crippen MR) is 50.6 cm³/mol. The van der Waals surface area contributed by atoms with E-state index in [1.54, 1.807) is 17.0 Å². The number of hydrogen-bond acceptors (Lipinski definition) is 4. The van der Waals surface area contributed by atoms with Crippen LogP contribution >= 0.6 is 0 Å². The minimum atomic E-state index is -0.566. The first-order valence-electron chi connectivity index (χ1n) is 4.37. The third-order valence-corrected chi connectivity index (χ3v) is 1.76. The van der Waals surface area contributed by atoms with Crippen molar-refractivity contribution < 1.29 is 14.6 Å². The number of hydrogen-bond donors (Lipinski definition) is 2. The fourth-order valence-corrected chi connectivity index (χ4v) is 1.16. The molecule has 1 heterocycles. The zero-order valence-electron chi connectivity index (χ0n) is 7.73. The Balaban J connectivity index is 2.75. The molecule has 1 aromatic rings. The Morgan fingerprint density at radius 3 is 2.36 bits per heavy atom. The first kappa shape index (κ1) is 10.9. The van der Waals surface area contributed by atoms with Crippen LogP contribution in [-0.4, -0.2) is 41.5 Å². The van der Waals surface area contributed by atoms with Gasteiger partial charge in [-0.3, -0.25) is 0 Å². The summed E-state index contributed by atoms with van der Waals surface area (Å²) in [6.07, 6.45) is 0. The van der Waals surface area contributed by atoms with E-state index in [9.17, 15) is 4.39 Å². The summed E-state index contributed by atoms with van der Waals surface area (Å²) in [7, 11) is 0. The van der Waals surface area contributed by atoms with Crippen LogP contribution in [0.3, 0.4) is 0 Å². The highest BCUT2D eigenvalue weighted by Gasteiger charge is 2.06. The second kappa shape index (κ2) is 5.51. The third-order valence-electron chi connectivity index (χ3n) is 1.76. The van der Waals surface area contributed by atoms with Crippen LogP contribution in [0.4, 0.5) is 10.2 Å². The molecule has 5 heteroatoms. The highest BCUT2D eigenvalue weighted by molar-refractivity contribution is 5.37. The quantitative estimate of drug-likeness (QED) is 0.657. The van der Waals surface area contributed by atoms with Crippen LogP contribution < -0.4 is 4.90 Å². The standard InChI is InChI=1S/C9H13FN2O2/c10-8-2-1-3-9(11-8)12(4-6-13)5-7-14/h1-3,13-14H,4-7H2. The van der Waals surface area contributed by atoms with Crippen molar-refractivity contribution >= 4 is 5.82 Å². The summed E-state index contributed by atoms with van der Waals surface area (Å²) in [6, 6.07) is 4.42. The van der Waals surface area contributed by atoms with Crippen molar-refractivity contribution in [2.24, 2.45) is 0 Å². The number of aliphatic hydroxyl groups is 2. The van der Waals surface area contributed by atoms with Crippen LogP contribution in [0.5, 0.6) is 0 Å². The topological polar surface area (TPSA) is 56.6 Å². The lowest BCUT2D eigenvalue weighted by molar-refractivity contribution is 0.280. The van der Waals surface area contributed by atoms with E-state index in [0.29, 0.717) is 18.9 Å². The molecule has 0 unspecified atom stereocenters. The summed E-state index contributed by atoms with van der Waals surface area (Å²) in [5.74, 6) is -0.142. The largest absolute Gasteiger partial charge is 0.395 e. The van der Waals surface area contributed by atoms with Gasteiger partial charge in [-0.2, -0.15) is 4.39 Å². The third kappa shape index (κ3) is 2.93. The molecular weight excluding hydrogens is 187 g/mol. The Labute approximate surface area is 81.6 Å². The number of aliphatic hydroxyl groups excluding tert-OH is 2. The van der Waals surface area contributed by atoms with Crippen molar-refractivity contribution in [2.75, 3.05) is 31.2 Å². The normalized spacial score (nSPS) is 10.2. The van der Waals surface area contributed by atoms with E-state index in [1.807, 2.05) is 0 Å². The molecule has 1 rings (SSSR count). The zero-order chi connectivity index (χ0) is 10.4. The summed E-state index contributed by atoms with van der Waals surface area (Å²) >= 11 is 0. The van der Waals surface area contributed by atoms with Crippen LogP contribution in [0.25, 0.3) is 0 Å². The van der Waals surface area contributed by atoms with E-state index in [0.717, 1.165) is 0 Å². The monoisotopic (exact) mass is 200 g/mol. The zero-order valence-corrected chi connectivity index (χ0v) is 7.73. The number of pyridine rings is 1. The lowest BCUT2D eigenvalue weighted by Gasteiger charge is -2.21. The van der Waals surface area contributed by atoms with Gasteiger partial charge in [0.15, 0.2) is 0 Å². The van der Waals surface area contributed by atoms with Gasteiger partial charge in [0.2, 0.25) is 5.95 Å². The molecule has 0 atom stereocenters. The molecule has 0 amide bonds. The Morgan fingerprint density at radius 2 is 1.86 bits per heavy atom. The molecule has 1 aromatic heterocycles. The van der Waals surface area contributed by atoms with Gasteiger partial charge in [0.25, 0.3) is 0 Å². The Kier molecular flexibility index (Phi) is 4.28. The molecule has 0 fully saturated rings. The lowest BCUT2D eigenvalue weighted by atomic mass is 10.4. The van der Waals surface area contributed by atoms with Gasteiger partial charge < -0.3 is 15.1 Å². The van der Waals surface area contributed by atoms with Crippen molar-refractivity contribution in [3.63, 3.8) is 0 Å². The number of rotatable bonds is 5. The molecule has 0 aliphatic heterocycles. The van der Waals surface area contributed by atoms with E-state index in [4.69, 9.17) is 10.2 Å². The van der Waals surface area contributed by atoms with E-state index in [2.05, 4.69) is 4.98 Å². The van der Waals surface area contributed by atoms with Gasteiger partial charge >= 0.3 is 0 Å². The van der Waals surface area contributed by atoms with Crippen molar-refractivity contribution in [2.45, 2.75) is 0 Å². The maximum Gasteiger partial charge on any atom is 0.214 e. The summed E-state index contributed by atoms with van der Waals surface area (Å²) in [5.41, 5.74) is 0. The van der Waals surface area contributed by atoms with E-state index in [1.165, 1.54) is 6.07 Å². The number of halogens is 1. The molecular formula is C9H13FN2O2. The molecule has 0 aromatic carbocycles. The Bertz CT molecular complexity index is 277. The lowest BCUT2D eigenvalue weighted by Crippen LogP contribution is -2.30. The maximum absolute atomic E-state index is 12.7. The van der Waals surface area contributed by atoms with Crippen LogP contribution in [0.15, 0.2) is 18.2 Å². The molecule has 14 heavy (non-hydrogen) atoms. The highest BCUT2D eigenvalue weighted by atomic mass is 19.1. The van der Waals surface area contributed by atoms with Crippen LogP contribution in [-0.2, 0) is 0 Å². The second-order valence-corrected chi connectivity index (χ2v) is 2.75. The van der Waals surface area contributed by atoms with Gasteiger partial charge in [0.1, 0.15) is 5.82 Å². The summed E-state index contributed by atoms with van der Waals surface area (Å²) < 4.78 is 12.7. The van der Waals surface area contributed by atoms with Gasteiger partial charge in [-0.05, 0) is 12.1 Å². The summed E-state index contributed by atoms with van der Waals surface area (Å²) in [5, 5.41) is 17.5. The first-order valence-corrected chi connectivity index (χ1v) is 4.37. The minimum Gasteiger partial charge on any atom is -0.395 e. The number of nitrogens with zero attached hydrogens (tertiary/aromatic N) is 2. The number of anilines is 1. The second-order valence-electron chi connectivity index (χ2n) is 2.75. The molecule has 0 bridgehead atoms. The van der Waals surface area contributed by atoms with Gasteiger partial charge in [-0.1, -0.05) is 6.07 Å². The fourth-order valence-electron chi connectivity index (χ4n) is 1.16. The van der Waals surface area contributed by atoms with Crippen LogP contribution in [0.1, 0.15) is 0 Å². The van der Waals surface area contributed by atoms with Crippen molar-refractivity contribution in [3.05, 3.63) is 24.1 Å². The molecule has 4 nitrogen and oxygen atoms in total. The minimum absolute atomic E-state index is 0.0573. The van der Waals surface area contributed by atoms with Gasteiger partial charge in [0.05, 0.1) is 13.2 Å².